The minimum Gasteiger partial charge on any atom is -0.373 e. The van der Waals surface area contributed by atoms with E-state index in [-0.39, 0.29) is 0 Å². The molecule has 86 valence electrons. The van der Waals surface area contributed by atoms with Gasteiger partial charge in [-0.25, -0.2) is 0 Å². The molecule has 3 fully saturated rings. The summed E-state index contributed by atoms with van der Waals surface area (Å²) in [6, 6.07) is 0. The van der Waals surface area contributed by atoms with Gasteiger partial charge in [-0.2, -0.15) is 0 Å². The van der Waals surface area contributed by atoms with Crippen molar-refractivity contribution < 1.29 is 4.74 Å². The van der Waals surface area contributed by atoms with E-state index in [1.54, 1.807) is 0 Å². The second-order valence-corrected chi connectivity index (χ2v) is 5.94. The van der Waals surface area contributed by atoms with E-state index in [0.717, 1.165) is 24.4 Å². The fourth-order valence-corrected chi connectivity index (χ4v) is 3.92. The van der Waals surface area contributed by atoms with E-state index in [1.807, 2.05) is 0 Å². The first-order valence-corrected chi connectivity index (χ1v) is 7.05. The highest BCUT2D eigenvalue weighted by molar-refractivity contribution is 4.86. The van der Waals surface area contributed by atoms with Gasteiger partial charge in [0.1, 0.15) is 0 Å². The first-order valence-electron chi connectivity index (χ1n) is 7.05. The van der Waals surface area contributed by atoms with Gasteiger partial charge in [-0.3, -0.25) is 0 Å². The molecule has 0 bridgehead atoms. The molecule has 3 rings (SSSR count). The fourth-order valence-electron chi connectivity index (χ4n) is 3.92. The second kappa shape index (κ2) is 4.45. The van der Waals surface area contributed by atoms with Gasteiger partial charge in [-0.15, -0.1) is 0 Å². The lowest BCUT2D eigenvalue weighted by atomic mass is 9.70. The molecule has 0 N–H and O–H groups in total. The Bertz CT molecular complexity index is 195. The van der Waals surface area contributed by atoms with E-state index in [9.17, 15) is 0 Å². The van der Waals surface area contributed by atoms with Crippen LogP contribution in [0.4, 0.5) is 0 Å². The van der Waals surface area contributed by atoms with Crippen LogP contribution in [0, 0.1) is 17.8 Å². The second-order valence-electron chi connectivity index (χ2n) is 5.94. The molecule has 2 saturated carbocycles. The monoisotopic (exact) mass is 208 g/mol. The van der Waals surface area contributed by atoms with Crippen molar-refractivity contribution in [2.45, 2.75) is 63.9 Å². The standard InChI is InChI=1S/C14H24O/c1-2-4-11(5-3-1)12-6-8-13(9-7-12)14-10-15-14/h11-14H,1-10H2. The van der Waals surface area contributed by atoms with Gasteiger partial charge in [0.15, 0.2) is 0 Å². The van der Waals surface area contributed by atoms with Crippen LogP contribution in [0.2, 0.25) is 0 Å². The van der Waals surface area contributed by atoms with Gasteiger partial charge in [-0.05, 0) is 43.4 Å². The highest BCUT2D eigenvalue weighted by atomic mass is 16.6. The Kier molecular flexibility index (Phi) is 3.01. The third-order valence-corrected chi connectivity index (χ3v) is 5.02. The molecule has 15 heavy (non-hydrogen) atoms. The SMILES string of the molecule is C1CCC(C2CCC(C3CO3)CC2)CC1. The highest BCUT2D eigenvalue weighted by Gasteiger charge is 2.37. The lowest BCUT2D eigenvalue weighted by Gasteiger charge is -2.35. The van der Waals surface area contributed by atoms with Crippen LogP contribution in [-0.4, -0.2) is 12.7 Å². The Morgan fingerprint density at radius 3 is 1.73 bits per heavy atom. The maximum atomic E-state index is 5.43. The maximum absolute atomic E-state index is 5.43. The molecule has 1 heterocycles. The predicted octanol–water partition coefficient (Wildman–Crippen LogP) is 3.77. The topological polar surface area (TPSA) is 12.5 Å². The predicted molar refractivity (Wildman–Crippen MR) is 61.8 cm³/mol. The first-order chi connectivity index (χ1) is 7.43. The number of ether oxygens (including phenoxy) is 1. The van der Waals surface area contributed by atoms with Crippen LogP contribution in [0.5, 0.6) is 0 Å². The maximum Gasteiger partial charge on any atom is 0.0838 e. The van der Waals surface area contributed by atoms with Crippen molar-refractivity contribution >= 4 is 0 Å². The summed E-state index contributed by atoms with van der Waals surface area (Å²) in [7, 11) is 0. The molecule has 1 unspecified atom stereocenters. The van der Waals surface area contributed by atoms with Crippen LogP contribution in [-0.2, 0) is 4.74 Å². The quantitative estimate of drug-likeness (QED) is 0.629. The van der Waals surface area contributed by atoms with Gasteiger partial charge in [0.25, 0.3) is 0 Å². The summed E-state index contributed by atoms with van der Waals surface area (Å²) in [6.45, 7) is 1.07. The van der Waals surface area contributed by atoms with E-state index in [4.69, 9.17) is 4.74 Å². The van der Waals surface area contributed by atoms with Crippen molar-refractivity contribution in [3.63, 3.8) is 0 Å². The minimum absolute atomic E-state index is 0.678. The fraction of sp³-hybridized carbons (Fsp3) is 1.00. The lowest BCUT2D eigenvalue weighted by molar-refractivity contribution is 0.151. The van der Waals surface area contributed by atoms with E-state index >= 15 is 0 Å². The molecule has 0 aromatic heterocycles. The molecule has 0 aromatic carbocycles. The van der Waals surface area contributed by atoms with E-state index in [2.05, 4.69) is 0 Å². The zero-order valence-electron chi connectivity index (χ0n) is 9.79. The molecule has 0 radical (unpaired) electrons. The van der Waals surface area contributed by atoms with Crippen molar-refractivity contribution in [2.24, 2.45) is 17.8 Å². The van der Waals surface area contributed by atoms with Crippen molar-refractivity contribution in [2.75, 3.05) is 6.61 Å². The van der Waals surface area contributed by atoms with Gasteiger partial charge < -0.3 is 4.74 Å². The number of hydrogen-bond acceptors (Lipinski definition) is 1. The van der Waals surface area contributed by atoms with Crippen molar-refractivity contribution in [3.8, 4) is 0 Å². The summed E-state index contributed by atoms with van der Waals surface area (Å²) < 4.78 is 5.43. The van der Waals surface area contributed by atoms with Gasteiger partial charge in [0.2, 0.25) is 0 Å². The molecular formula is C14H24O. The molecule has 1 aliphatic heterocycles. The summed E-state index contributed by atoms with van der Waals surface area (Å²) in [5, 5.41) is 0. The van der Waals surface area contributed by atoms with Crippen LogP contribution >= 0.6 is 0 Å². The zero-order chi connectivity index (χ0) is 10.1. The summed E-state index contributed by atoms with van der Waals surface area (Å²) in [6.07, 6.45) is 14.2. The lowest BCUT2D eigenvalue weighted by Crippen LogP contribution is -2.25. The molecule has 1 atom stereocenters. The highest BCUT2D eigenvalue weighted by Crippen LogP contribution is 2.42. The number of rotatable bonds is 2. The average Bonchev–Trinajstić information content (AvgIpc) is 3.15. The van der Waals surface area contributed by atoms with Crippen LogP contribution in [0.1, 0.15) is 57.8 Å². The molecule has 3 aliphatic rings. The van der Waals surface area contributed by atoms with E-state index < -0.39 is 0 Å². The Hall–Kier alpha value is -0.0400. The zero-order valence-corrected chi connectivity index (χ0v) is 9.79. The molecular weight excluding hydrogens is 184 g/mol. The van der Waals surface area contributed by atoms with Gasteiger partial charge in [0, 0.05) is 0 Å². The van der Waals surface area contributed by atoms with E-state index in [1.165, 1.54) is 57.8 Å². The van der Waals surface area contributed by atoms with Crippen LogP contribution in [0.3, 0.4) is 0 Å². The number of epoxide rings is 1. The Balaban J connectivity index is 1.47. The summed E-state index contributed by atoms with van der Waals surface area (Å²) >= 11 is 0. The smallest absolute Gasteiger partial charge is 0.0838 e. The third kappa shape index (κ3) is 2.38. The van der Waals surface area contributed by atoms with Crippen molar-refractivity contribution in [3.05, 3.63) is 0 Å². The molecule has 1 saturated heterocycles. The summed E-state index contributed by atoms with van der Waals surface area (Å²) in [4.78, 5) is 0. The van der Waals surface area contributed by atoms with E-state index in [0.29, 0.717) is 6.10 Å². The molecule has 0 amide bonds. The van der Waals surface area contributed by atoms with Gasteiger partial charge >= 0.3 is 0 Å². The Labute approximate surface area is 93.6 Å². The van der Waals surface area contributed by atoms with Crippen LogP contribution in [0.15, 0.2) is 0 Å². The van der Waals surface area contributed by atoms with Crippen LogP contribution in [0.25, 0.3) is 0 Å². The normalized spacial score (nSPS) is 42.8. The minimum atomic E-state index is 0.678. The van der Waals surface area contributed by atoms with Crippen LogP contribution < -0.4 is 0 Å². The number of hydrogen-bond donors (Lipinski definition) is 0. The largest absolute Gasteiger partial charge is 0.373 e. The van der Waals surface area contributed by atoms with Crippen molar-refractivity contribution in [1.82, 2.24) is 0 Å². The van der Waals surface area contributed by atoms with Gasteiger partial charge in [0.05, 0.1) is 12.7 Å². The van der Waals surface area contributed by atoms with Crippen molar-refractivity contribution in [1.29, 1.82) is 0 Å². The molecule has 1 nitrogen and oxygen atoms in total. The Morgan fingerprint density at radius 2 is 1.13 bits per heavy atom. The molecule has 1 heteroatoms. The van der Waals surface area contributed by atoms with Gasteiger partial charge in [-0.1, -0.05) is 32.1 Å². The molecule has 0 aromatic rings. The first kappa shape index (κ1) is 10.1. The third-order valence-electron chi connectivity index (χ3n) is 5.02. The molecule has 2 aliphatic carbocycles. The molecule has 0 spiro atoms. The summed E-state index contributed by atoms with van der Waals surface area (Å²) in [5.41, 5.74) is 0. The average molecular weight is 208 g/mol. The Morgan fingerprint density at radius 1 is 0.600 bits per heavy atom. The summed E-state index contributed by atoms with van der Waals surface area (Å²) in [5.74, 6) is 3.12.